The topological polar surface area (TPSA) is 96.0 Å². The van der Waals surface area contributed by atoms with E-state index >= 15 is 0 Å². The zero-order chi connectivity index (χ0) is 42.5. The van der Waals surface area contributed by atoms with Crippen LogP contribution >= 0.6 is 22.7 Å². The van der Waals surface area contributed by atoms with E-state index in [0.29, 0.717) is 35.8 Å². The molecule has 0 spiro atoms. The fraction of sp³-hybridized carbons (Fsp3) is 0.478. The number of carbonyl (C=O) groups excluding carboxylic acids is 2. The highest BCUT2D eigenvalue weighted by Crippen LogP contribution is 2.42. The first-order chi connectivity index (χ1) is 27.7. The van der Waals surface area contributed by atoms with Crippen molar-refractivity contribution in [3.8, 4) is 23.0 Å². The summed E-state index contributed by atoms with van der Waals surface area (Å²) in [5, 5.41) is 4.08. The third-order valence-electron chi connectivity index (χ3n) is 10.2. The Balaban J connectivity index is 1.64. The summed E-state index contributed by atoms with van der Waals surface area (Å²) in [5.41, 5.74) is 1.91. The van der Waals surface area contributed by atoms with Crippen LogP contribution in [-0.4, -0.2) is 86.8 Å². The van der Waals surface area contributed by atoms with Gasteiger partial charge in [0.1, 0.15) is 23.0 Å². The summed E-state index contributed by atoms with van der Waals surface area (Å²) in [5.74, 6) is 1.14. The maximum absolute atomic E-state index is 13.8. The molecule has 0 radical (unpaired) electrons. The lowest BCUT2D eigenvalue weighted by Crippen LogP contribution is -2.48. The molecule has 10 nitrogen and oxygen atoms in total. The molecule has 2 heterocycles. The highest BCUT2D eigenvalue weighted by molar-refractivity contribution is 7.10. The van der Waals surface area contributed by atoms with E-state index in [1.807, 2.05) is 59.3 Å². The summed E-state index contributed by atoms with van der Waals surface area (Å²) < 4.78 is 35.3. The van der Waals surface area contributed by atoms with Crippen LogP contribution in [0.15, 0.2) is 83.6 Å². The van der Waals surface area contributed by atoms with E-state index in [1.165, 1.54) is 12.2 Å². The average molecular weight is 835 g/mol. The van der Waals surface area contributed by atoms with Crippen LogP contribution in [0.1, 0.15) is 101 Å². The molecule has 0 saturated heterocycles. The van der Waals surface area contributed by atoms with Gasteiger partial charge in [0.25, 0.3) is 0 Å². The standard InChI is InChI=1S/C46H62N2O8S2/c1-29(2)47(30(3)4)43(27-37(41-15-13-23-57-41)35-19-17-33(51-9)25-39(35)53-11)55-45(49)21-22-46(50)56-44(48(31(5)6)32(7)8)28-38(42-16-14-24-58-42)36-20-18-34(52-10)26-40(36)54-12/h13-26,29-32,37-38,43-44H,27-28H2,1-12H3/b22-21+. The molecule has 0 amide bonds. The fourth-order valence-electron chi connectivity index (χ4n) is 7.85. The van der Waals surface area contributed by atoms with E-state index in [0.717, 1.165) is 20.9 Å². The number of hydrogen-bond acceptors (Lipinski definition) is 12. The van der Waals surface area contributed by atoms with Crippen LogP contribution in [-0.2, 0) is 19.1 Å². The van der Waals surface area contributed by atoms with Crippen molar-refractivity contribution in [3.05, 3.63) is 104 Å². The molecule has 4 unspecified atom stereocenters. The molecule has 0 N–H and O–H groups in total. The predicted octanol–water partition coefficient (Wildman–Crippen LogP) is 10.1. The molecule has 58 heavy (non-hydrogen) atoms. The second kappa shape index (κ2) is 22.1. The Morgan fingerprint density at radius 1 is 0.552 bits per heavy atom. The van der Waals surface area contributed by atoms with Crippen LogP contribution in [0, 0.1) is 0 Å². The summed E-state index contributed by atoms with van der Waals surface area (Å²) in [6, 6.07) is 20.0. The molecule has 4 atom stereocenters. The first-order valence-corrected chi connectivity index (χ1v) is 21.6. The molecule has 2 aromatic heterocycles. The van der Waals surface area contributed by atoms with Crippen molar-refractivity contribution >= 4 is 34.6 Å². The number of nitrogens with zero attached hydrogens (tertiary/aromatic N) is 2. The minimum Gasteiger partial charge on any atom is -0.497 e. The number of hydrogen-bond donors (Lipinski definition) is 0. The third kappa shape index (κ3) is 12.1. The minimum absolute atomic E-state index is 0.0490. The van der Waals surface area contributed by atoms with Crippen LogP contribution in [0.2, 0.25) is 0 Å². The maximum atomic E-state index is 13.8. The van der Waals surface area contributed by atoms with Crippen molar-refractivity contribution in [3.63, 3.8) is 0 Å². The SMILES string of the molecule is COc1ccc(C(CC(OC(=O)/C=C/C(=O)OC(CC(c2cccs2)c2ccc(OC)cc2OC)N(C(C)C)C(C)C)N(C(C)C)C(C)C)c2cccs2)c(OC)c1. The van der Waals surface area contributed by atoms with Gasteiger partial charge in [0, 0.05) is 94.0 Å². The maximum Gasteiger partial charge on any atom is 0.332 e. The highest BCUT2D eigenvalue weighted by atomic mass is 32.1. The highest BCUT2D eigenvalue weighted by Gasteiger charge is 2.34. The van der Waals surface area contributed by atoms with E-state index in [-0.39, 0.29) is 36.0 Å². The van der Waals surface area contributed by atoms with E-state index < -0.39 is 24.4 Å². The Kier molecular flexibility index (Phi) is 17.7. The molecule has 2 aromatic carbocycles. The van der Waals surface area contributed by atoms with Crippen LogP contribution < -0.4 is 18.9 Å². The summed E-state index contributed by atoms with van der Waals surface area (Å²) >= 11 is 3.28. The molecule has 0 saturated carbocycles. The number of rotatable bonds is 22. The molecule has 4 aromatic rings. The number of methoxy groups -OCH3 is 4. The largest absolute Gasteiger partial charge is 0.497 e. The molecule has 0 bridgehead atoms. The van der Waals surface area contributed by atoms with Crippen LogP contribution in [0.4, 0.5) is 0 Å². The van der Waals surface area contributed by atoms with Gasteiger partial charge in [-0.3, -0.25) is 9.80 Å². The van der Waals surface area contributed by atoms with Gasteiger partial charge in [-0.2, -0.15) is 0 Å². The first-order valence-electron chi connectivity index (χ1n) is 19.9. The van der Waals surface area contributed by atoms with Gasteiger partial charge in [0.15, 0.2) is 12.5 Å². The lowest BCUT2D eigenvalue weighted by molar-refractivity contribution is -0.161. The van der Waals surface area contributed by atoms with Crippen molar-refractivity contribution in [2.75, 3.05) is 28.4 Å². The quantitative estimate of drug-likeness (QED) is 0.0433. The average Bonchev–Trinajstić information content (AvgIpc) is 3.93. The van der Waals surface area contributed by atoms with E-state index in [4.69, 9.17) is 28.4 Å². The van der Waals surface area contributed by atoms with Crippen molar-refractivity contribution in [2.24, 2.45) is 0 Å². The predicted molar refractivity (Wildman–Crippen MR) is 234 cm³/mol. The summed E-state index contributed by atoms with van der Waals surface area (Å²) in [4.78, 5) is 34.1. The minimum atomic E-state index is -0.638. The number of esters is 2. The molecule has 316 valence electrons. The van der Waals surface area contributed by atoms with E-state index in [9.17, 15) is 9.59 Å². The first kappa shape index (κ1) is 46.3. The number of carbonyl (C=O) groups is 2. The van der Waals surface area contributed by atoms with Gasteiger partial charge in [-0.1, -0.05) is 24.3 Å². The zero-order valence-electron chi connectivity index (χ0n) is 36.1. The van der Waals surface area contributed by atoms with E-state index in [1.54, 1.807) is 51.1 Å². The fourth-order valence-corrected chi connectivity index (χ4v) is 9.57. The summed E-state index contributed by atoms with van der Waals surface area (Å²) in [6.07, 6.45) is 1.98. The molecular weight excluding hydrogens is 773 g/mol. The van der Waals surface area contributed by atoms with Crippen molar-refractivity contribution in [1.82, 2.24) is 9.80 Å². The molecule has 0 aliphatic rings. The van der Waals surface area contributed by atoms with Gasteiger partial charge < -0.3 is 28.4 Å². The normalized spacial score (nSPS) is 14.0. The number of thiophene rings is 2. The Morgan fingerprint density at radius 3 is 1.19 bits per heavy atom. The molecular formula is C46H62N2O8S2. The Hall–Kier alpha value is -4.36. The van der Waals surface area contributed by atoms with E-state index in [2.05, 4.69) is 77.3 Å². The van der Waals surface area contributed by atoms with Crippen molar-refractivity contribution in [1.29, 1.82) is 0 Å². The smallest absolute Gasteiger partial charge is 0.332 e. The van der Waals surface area contributed by atoms with Gasteiger partial charge >= 0.3 is 11.9 Å². The van der Waals surface area contributed by atoms with Gasteiger partial charge in [-0.15, -0.1) is 22.7 Å². The second-order valence-electron chi connectivity index (χ2n) is 15.2. The molecule has 0 aliphatic heterocycles. The van der Waals surface area contributed by atoms with Gasteiger partial charge in [-0.05, 0) is 90.4 Å². The van der Waals surface area contributed by atoms with Gasteiger partial charge in [0.05, 0.1) is 28.4 Å². The monoisotopic (exact) mass is 834 g/mol. The van der Waals surface area contributed by atoms with Crippen LogP contribution in [0.5, 0.6) is 23.0 Å². The Morgan fingerprint density at radius 2 is 0.914 bits per heavy atom. The molecule has 4 rings (SSSR count). The van der Waals surface area contributed by atoms with Crippen LogP contribution in [0.3, 0.4) is 0 Å². The summed E-state index contributed by atoms with van der Waals surface area (Å²) in [7, 11) is 6.54. The van der Waals surface area contributed by atoms with Crippen molar-refractivity contribution in [2.45, 2.75) is 117 Å². The van der Waals surface area contributed by atoms with Crippen LogP contribution in [0.25, 0.3) is 0 Å². The molecule has 12 heteroatoms. The molecule has 0 fully saturated rings. The van der Waals surface area contributed by atoms with Crippen molar-refractivity contribution < 1.29 is 38.0 Å². The zero-order valence-corrected chi connectivity index (χ0v) is 37.7. The van der Waals surface area contributed by atoms with Gasteiger partial charge in [0.2, 0.25) is 0 Å². The number of ether oxygens (including phenoxy) is 6. The summed E-state index contributed by atoms with van der Waals surface area (Å²) in [6.45, 7) is 16.7. The Bertz CT molecular complexity index is 1740. The second-order valence-corrected chi connectivity index (χ2v) is 17.2. The third-order valence-corrected chi connectivity index (χ3v) is 12.2. The lowest BCUT2D eigenvalue weighted by Gasteiger charge is -2.39. The van der Waals surface area contributed by atoms with Gasteiger partial charge in [-0.25, -0.2) is 9.59 Å². The number of benzene rings is 2. The molecule has 0 aliphatic carbocycles. The Labute approximate surface area is 353 Å². The lowest BCUT2D eigenvalue weighted by atomic mass is 9.91.